The van der Waals surface area contributed by atoms with Crippen molar-refractivity contribution < 1.29 is 0 Å². The highest BCUT2D eigenvalue weighted by Gasteiger charge is 1.94. The van der Waals surface area contributed by atoms with Crippen LogP contribution in [-0.4, -0.2) is 4.37 Å². The molecule has 0 spiro atoms. The van der Waals surface area contributed by atoms with Gasteiger partial charge in [0.05, 0.1) is 4.88 Å². The standard InChI is InChI=1S/C6H7NOS/c1-4(2)5-3-6(8)7-9-5/h3H,1H2,2H3,(H,7,8). The number of aromatic amines is 1. The Hall–Kier alpha value is -0.830. The van der Waals surface area contributed by atoms with Crippen LogP contribution in [0.1, 0.15) is 11.8 Å². The van der Waals surface area contributed by atoms with E-state index in [-0.39, 0.29) is 5.56 Å². The van der Waals surface area contributed by atoms with Crippen molar-refractivity contribution in [2.45, 2.75) is 6.92 Å². The second-order valence-electron chi connectivity index (χ2n) is 1.86. The van der Waals surface area contributed by atoms with Crippen LogP contribution in [0.3, 0.4) is 0 Å². The molecule has 1 aromatic heterocycles. The highest BCUT2D eigenvalue weighted by Crippen LogP contribution is 2.11. The summed E-state index contributed by atoms with van der Waals surface area (Å²) < 4.78 is 2.58. The fourth-order valence-electron chi connectivity index (χ4n) is 0.494. The molecule has 0 unspecified atom stereocenters. The predicted octanol–water partition coefficient (Wildman–Crippen LogP) is 1.47. The molecule has 2 nitrogen and oxygen atoms in total. The van der Waals surface area contributed by atoms with E-state index >= 15 is 0 Å². The Bertz CT molecular complexity index is 271. The number of H-pyrrole nitrogens is 1. The van der Waals surface area contributed by atoms with E-state index in [0.29, 0.717) is 0 Å². The van der Waals surface area contributed by atoms with Crippen molar-refractivity contribution in [2.75, 3.05) is 0 Å². The van der Waals surface area contributed by atoms with E-state index in [0.717, 1.165) is 10.5 Å². The second-order valence-corrected chi connectivity index (χ2v) is 2.71. The lowest BCUT2D eigenvalue weighted by molar-refractivity contribution is 1.43. The molecule has 1 heterocycles. The van der Waals surface area contributed by atoms with Crippen molar-refractivity contribution in [1.29, 1.82) is 0 Å². The number of hydrogen-bond donors (Lipinski definition) is 1. The Kier molecular flexibility index (Phi) is 1.53. The topological polar surface area (TPSA) is 32.9 Å². The van der Waals surface area contributed by atoms with Gasteiger partial charge in [-0.15, -0.1) is 0 Å². The SMILES string of the molecule is C=C(C)c1cc(=O)[nH]s1. The van der Waals surface area contributed by atoms with Crippen LogP contribution in [0.25, 0.3) is 5.57 Å². The molecule has 1 N–H and O–H groups in total. The molecule has 0 aromatic carbocycles. The maximum absolute atomic E-state index is 10.5. The zero-order chi connectivity index (χ0) is 6.85. The summed E-state index contributed by atoms with van der Waals surface area (Å²) in [6, 6.07) is 1.55. The Morgan fingerprint density at radius 3 is 2.78 bits per heavy atom. The van der Waals surface area contributed by atoms with Crippen LogP contribution >= 0.6 is 11.5 Å². The summed E-state index contributed by atoms with van der Waals surface area (Å²) >= 11 is 1.32. The van der Waals surface area contributed by atoms with E-state index in [1.807, 2.05) is 6.92 Å². The largest absolute Gasteiger partial charge is 0.277 e. The quantitative estimate of drug-likeness (QED) is 0.631. The summed E-state index contributed by atoms with van der Waals surface area (Å²) in [6.07, 6.45) is 0. The van der Waals surface area contributed by atoms with Crippen molar-refractivity contribution in [3.05, 3.63) is 27.9 Å². The third-order valence-electron chi connectivity index (χ3n) is 0.944. The number of rotatable bonds is 1. The lowest BCUT2D eigenvalue weighted by Gasteiger charge is -1.84. The lowest BCUT2D eigenvalue weighted by atomic mass is 10.3. The second kappa shape index (κ2) is 2.19. The first kappa shape index (κ1) is 6.29. The van der Waals surface area contributed by atoms with Gasteiger partial charge in [0.1, 0.15) is 0 Å². The Morgan fingerprint density at radius 1 is 1.89 bits per heavy atom. The summed E-state index contributed by atoms with van der Waals surface area (Å²) in [5.41, 5.74) is 0.886. The van der Waals surface area contributed by atoms with Crippen LogP contribution < -0.4 is 5.56 Å². The van der Waals surface area contributed by atoms with Crippen LogP contribution in [0.4, 0.5) is 0 Å². The Morgan fingerprint density at radius 2 is 2.56 bits per heavy atom. The van der Waals surface area contributed by atoms with E-state index in [1.54, 1.807) is 6.07 Å². The molecule has 0 aliphatic carbocycles. The minimum atomic E-state index is -0.0435. The van der Waals surface area contributed by atoms with Crippen LogP contribution in [0.5, 0.6) is 0 Å². The molecule has 3 heteroatoms. The molecule has 48 valence electrons. The van der Waals surface area contributed by atoms with Gasteiger partial charge in [0.25, 0.3) is 5.56 Å². The molecule has 0 saturated heterocycles. The predicted molar refractivity (Wildman–Crippen MR) is 39.6 cm³/mol. The average molecular weight is 141 g/mol. The van der Waals surface area contributed by atoms with E-state index in [1.165, 1.54) is 11.5 Å². The molecule has 0 amide bonds. The van der Waals surface area contributed by atoms with Gasteiger partial charge in [0.2, 0.25) is 0 Å². The van der Waals surface area contributed by atoms with Crippen molar-refractivity contribution >= 4 is 17.1 Å². The molecule has 0 bridgehead atoms. The van der Waals surface area contributed by atoms with E-state index in [4.69, 9.17) is 0 Å². The van der Waals surface area contributed by atoms with Crippen LogP contribution in [0.15, 0.2) is 17.4 Å². The first-order chi connectivity index (χ1) is 4.20. The van der Waals surface area contributed by atoms with E-state index in [9.17, 15) is 4.79 Å². The summed E-state index contributed by atoms with van der Waals surface area (Å²) in [5, 5.41) is 0. The van der Waals surface area contributed by atoms with Gasteiger partial charge in [-0.05, 0) is 12.5 Å². The van der Waals surface area contributed by atoms with Gasteiger partial charge in [-0.3, -0.25) is 9.17 Å². The summed E-state index contributed by atoms with van der Waals surface area (Å²) in [4.78, 5) is 11.4. The number of aromatic nitrogens is 1. The molecule has 0 atom stereocenters. The first-order valence-corrected chi connectivity index (χ1v) is 3.36. The number of allylic oxidation sites excluding steroid dienone is 1. The maximum atomic E-state index is 10.5. The highest BCUT2D eigenvalue weighted by atomic mass is 32.1. The van der Waals surface area contributed by atoms with Crippen LogP contribution in [0.2, 0.25) is 0 Å². The molecular formula is C6H7NOS. The van der Waals surface area contributed by atoms with Crippen molar-refractivity contribution in [1.82, 2.24) is 4.37 Å². The number of hydrogen-bond acceptors (Lipinski definition) is 2. The third-order valence-corrected chi connectivity index (χ3v) is 1.93. The average Bonchev–Trinajstić information content (AvgIpc) is 2.14. The van der Waals surface area contributed by atoms with Crippen molar-refractivity contribution in [3.8, 4) is 0 Å². The van der Waals surface area contributed by atoms with Gasteiger partial charge >= 0.3 is 0 Å². The van der Waals surface area contributed by atoms with E-state index in [2.05, 4.69) is 11.0 Å². The molecule has 0 aliphatic heterocycles. The molecule has 1 aromatic rings. The van der Waals surface area contributed by atoms with Gasteiger partial charge in [0.15, 0.2) is 0 Å². The normalized spacial score (nSPS) is 9.44. The molecule has 0 aliphatic rings. The zero-order valence-corrected chi connectivity index (χ0v) is 5.92. The monoisotopic (exact) mass is 141 g/mol. The highest BCUT2D eigenvalue weighted by molar-refractivity contribution is 7.06. The Balaban J connectivity index is 3.12. The van der Waals surface area contributed by atoms with Gasteiger partial charge in [-0.2, -0.15) is 0 Å². The molecule has 0 fully saturated rings. The molecule has 0 saturated carbocycles. The minimum Gasteiger partial charge on any atom is -0.277 e. The molecular weight excluding hydrogens is 134 g/mol. The fraction of sp³-hybridized carbons (Fsp3) is 0.167. The zero-order valence-electron chi connectivity index (χ0n) is 5.10. The van der Waals surface area contributed by atoms with Crippen molar-refractivity contribution in [2.24, 2.45) is 0 Å². The summed E-state index contributed by atoms with van der Waals surface area (Å²) in [6.45, 7) is 5.56. The minimum absolute atomic E-state index is 0.0435. The third kappa shape index (κ3) is 1.29. The maximum Gasteiger partial charge on any atom is 0.258 e. The van der Waals surface area contributed by atoms with Crippen molar-refractivity contribution in [3.63, 3.8) is 0 Å². The van der Waals surface area contributed by atoms with Gasteiger partial charge < -0.3 is 0 Å². The first-order valence-electron chi connectivity index (χ1n) is 2.54. The summed E-state index contributed by atoms with van der Waals surface area (Å²) in [7, 11) is 0. The summed E-state index contributed by atoms with van der Waals surface area (Å²) in [5.74, 6) is 0. The Labute approximate surface area is 57.0 Å². The number of nitrogens with one attached hydrogen (secondary N) is 1. The molecule has 9 heavy (non-hydrogen) atoms. The molecule has 0 radical (unpaired) electrons. The van der Waals surface area contributed by atoms with Crippen LogP contribution in [0, 0.1) is 0 Å². The van der Waals surface area contributed by atoms with Gasteiger partial charge in [-0.25, -0.2) is 0 Å². The lowest BCUT2D eigenvalue weighted by Crippen LogP contribution is -1.91. The molecule has 1 rings (SSSR count). The van der Waals surface area contributed by atoms with Gasteiger partial charge in [0, 0.05) is 6.07 Å². The van der Waals surface area contributed by atoms with E-state index < -0.39 is 0 Å². The van der Waals surface area contributed by atoms with Crippen LogP contribution in [-0.2, 0) is 0 Å². The van der Waals surface area contributed by atoms with Gasteiger partial charge in [-0.1, -0.05) is 18.1 Å². The fourth-order valence-corrected chi connectivity index (χ4v) is 1.10. The smallest absolute Gasteiger partial charge is 0.258 e.